The Morgan fingerprint density at radius 3 is 0.703 bits per heavy atom. The van der Waals surface area contributed by atoms with Crippen molar-refractivity contribution in [3.63, 3.8) is 0 Å². The van der Waals surface area contributed by atoms with Crippen molar-refractivity contribution in [2.75, 3.05) is 12.8 Å². The normalized spacial score (nSPS) is 13.5. The zero-order chi connectivity index (χ0) is 47.0. The fraction of sp³-hybridized carbons (Fsp3) is 1.00. The first-order valence-corrected chi connectivity index (χ1v) is 31.6. The zero-order valence-electron chi connectivity index (χ0n) is 43.9. The van der Waals surface area contributed by atoms with Crippen molar-refractivity contribution in [2.24, 2.45) is 0 Å². The quantitative estimate of drug-likeness (QED) is 0.0307. The van der Waals surface area contributed by atoms with E-state index in [1.807, 2.05) is 0 Å². The van der Waals surface area contributed by atoms with Gasteiger partial charge in [0.05, 0.1) is 0 Å². The summed E-state index contributed by atoms with van der Waals surface area (Å²) in [4.78, 5) is 34.1. The first-order valence-electron chi connectivity index (χ1n) is 29.4. The molecule has 0 amide bonds. The summed E-state index contributed by atoms with van der Waals surface area (Å²) in [6.45, 7) is 6.31. The molecule has 0 saturated heterocycles. The molecule has 0 bridgehead atoms. The minimum atomic E-state index is -5.51. The predicted molar refractivity (Wildman–Crippen MR) is 283 cm³/mol. The summed E-state index contributed by atoms with van der Waals surface area (Å²) in [6.07, 6.45) is 59.4. The number of hydrogen-bond acceptors (Lipinski definition) is 6. The summed E-state index contributed by atoms with van der Waals surface area (Å²) in [5, 5.41) is 21.6. The monoisotopic (exact) mass is 931 g/mol. The van der Waals surface area contributed by atoms with Crippen LogP contribution in [0.3, 0.4) is 0 Å². The van der Waals surface area contributed by atoms with Crippen LogP contribution >= 0.6 is 7.51 Å². The van der Waals surface area contributed by atoms with Crippen molar-refractivity contribution in [1.82, 2.24) is 0 Å². The van der Waals surface area contributed by atoms with Gasteiger partial charge in [0.2, 0.25) is 0 Å². The van der Waals surface area contributed by atoms with Crippen LogP contribution in [0.25, 0.3) is 0 Å². The third-order valence-electron chi connectivity index (χ3n) is 14.5. The molecule has 0 radical (unpaired) electrons. The molecule has 1 unspecified atom stereocenters. The number of unbranched alkanes of at least 4 members (excludes halogenated alkanes) is 45. The third-order valence-corrected chi connectivity index (χ3v) is 16.3. The van der Waals surface area contributed by atoms with Gasteiger partial charge in [-0.15, -0.1) is 0 Å². The SMILES string of the molecule is CCCCCCCCCCCCCCCCCCC(CCCCCCCCCCCCCCCCCC)(OP(O)(O)(O)CCCCCCCCCCCCCCCCCC)C(O)CO. The van der Waals surface area contributed by atoms with E-state index >= 15 is 0 Å². The molecule has 0 saturated carbocycles. The van der Waals surface area contributed by atoms with Crippen LogP contribution in [0.5, 0.6) is 0 Å². The van der Waals surface area contributed by atoms with Gasteiger partial charge in [-0.1, -0.05) is 143 Å². The second-order valence-electron chi connectivity index (χ2n) is 21.1. The van der Waals surface area contributed by atoms with Crippen LogP contribution < -0.4 is 0 Å². The van der Waals surface area contributed by atoms with Crippen molar-refractivity contribution in [3.8, 4) is 0 Å². The zero-order valence-corrected chi connectivity index (χ0v) is 44.8. The maximum absolute atomic E-state index is 11.4. The van der Waals surface area contributed by atoms with E-state index in [1.165, 1.54) is 244 Å². The standard InChI is InChI=1S/C57H119O6P/c1-4-7-10-13-16-19-22-25-28-31-34-37-40-43-46-49-52-57(56(59)55-58,53-50-47-44-41-38-35-32-29-26-23-20-17-14-11-8-5-2)63-64(60,61,62)54-51-48-45-42-39-36-33-30-27-24-21-18-15-12-9-6-3/h56,58-62H,4-55H2,1-3H3. The summed E-state index contributed by atoms with van der Waals surface area (Å²) in [6, 6.07) is 0. The molecule has 5 N–H and O–H groups in total. The molecule has 388 valence electrons. The molecule has 0 aromatic rings. The molecule has 0 aromatic carbocycles. The first-order chi connectivity index (χ1) is 31.1. The topological polar surface area (TPSA) is 110 Å². The molecule has 0 spiro atoms. The van der Waals surface area contributed by atoms with Crippen molar-refractivity contribution >= 4 is 7.51 Å². The Morgan fingerprint density at radius 1 is 0.312 bits per heavy atom. The van der Waals surface area contributed by atoms with Gasteiger partial charge in [-0.05, 0) is 0 Å². The predicted octanol–water partition coefficient (Wildman–Crippen LogP) is 18.8. The average Bonchev–Trinajstić information content (AvgIpc) is 3.27. The summed E-state index contributed by atoms with van der Waals surface area (Å²) in [7, 11) is -5.51. The Kier molecular flexibility index (Phi) is 47.0. The van der Waals surface area contributed by atoms with Gasteiger partial charge < -0.3 is 0 Å². The Bertz CT molecular complexity index is 872. The van der Waals surface area contributed by atoms with Gasteiger partial charge in [-0.25, -0.2) is 0 Å². The van der Waals surface area contributed by atoms with E-state index in [0.29, 0.717) is 19.3 Å². The van der Waals surface area contributed by atoms with Crippen LogP contribution in [0.4, 0.5) is 0 Å². The second kappa shape index (κ2) is 46.9. The molecule has 0 aliphatic carbocycles. The summed E-state index contributed by atoms with van der Waals surface area (Å²) < 4.78 is 6.13. The average molecular weight is 932 g/mol. The van der Waals surface area contributed by atoms with Gasteiger partial charge in [-0.2, -0.15) is 0 Å². The molecule has 0 fully saturated rings. The number of aliphatic hydroxyl groups is 2. The molecule has 0 aromatic heterocycles. The van der Waals surface area contributed by atoms with Crippen LogP contribution in [0.1, 0.15) is 342 Å². The van der Waals surface area contributed by atoms with E-state index in [0.717, 1.165) is 57.8 Å². The van der Waals surface area contributed by atoms with Gasteiger partial charge in [-0.3, -0.25) is 0 Å². The Balaban J connectivity index is 4.79. The molecule has 0 heterocycles. The van der Waals surface area contributed by atoms with Crippen LogP contribution in [0.15, 0.2) is 0 Å². The number of hydrogen-bond donors (Lipinski definition) is 5. The summed E-state index contributed by atoms with van der Waals surface area (Å²) in [5.41, 5.74) is -1.37. The van der Waals surface area contributed by atoms with Crippen LogP contribution in [-0.4, -0.2) is 49.4 Å². The molecule has 6 nitrogen and oxygen atoms in total. The van der Waals surface area contributed by atoms with E-state index in [2.05, 4.69) is 20.8 Å². The molecule has 0 rings (SSSR count). The van der Waals surface area contributed by atoms with Gasteiger partial charge >= 0.3 is 260 Å². The molecule has 7 heteroatoms. The van der Waals surface area contributed by atoms with Crippen LogP contribution in [0.2, 0.25) is 0 Å². The molecule has 64 heavy (non-hydrogen) atoms. The van der Waals surface area contributed by atoms with E-state index < -0.39 is 25.8 Å². The van der Waals surface area contributed by atoms with Gasteiger partial charge in [0.15, 0.2) is 0 Å². The van der Waals surface area contributed by atoms with Crippen molar-refractivity contribution < 1.29 is 29.4 Å². The van der Waals surface area contributed by atoms with E-state index in [4.69, 9.17) is 4.52 Å². The number of rotatable bonds is 55. The Hall–Kier alpha value is 0.190. The van der Waals surface area contributed by atoms with Gasteiger partial charge in [0.1, 0.15) is 0 Å². The molecule has 0 aliphatic heterocycles. The molecule has 0 aliphatic rings. The molecular formula is C57H119O6P. The fourth-order valence-electron chi connectivity index (χ4n) is 10.1. The Labute approximate surface area is 401 Å². The van der Waals surface area contributed by atoms with Crippen LogP contribution in [-0.2, 0) is 4.52 Å². The fourth-order valence-corrected chi connectivity index (χ4v) is 12.0. The first kappa shape index (κ1) is 64.2. The summed E-state index contributed by atoms with van der Waals surface area (Å²) in [5.74, 6) is 0. The Morgan fingerprint density at radius 2 is 0.500 bits per heavy atom. The third kappa shape index (κ3) is 43.5. The van der Waals surface area contributed by atoms with E-state index in [1.54, 1.807) is 0 Å². The van der Waals surface area contributed by atoms with E-state index in [-0.39, 0.29) is 6.16 Å². The molecule has 1 atom stereocenters. The summed E-state index contributed by atoms with van der Waals surface area (Å²) >= 11 is 0. The van der Waals surface area contributed by atoms with Gasteiger partial charge in [0.25, 0.3) is 0 Å². The maximum atomic E-state index is 11.4. The molecular weight excluding hydrogens is 812 g/mol. The minimum absolute atomic E-state index is 0.206. The van der Waals surface area contributed by atoms with Crippen molar-refractivity contribution in [1.29, 1.82) is 0 Å². The van der Waals surface area contributed by atoms with E-state index in [9.17, 15) is 24.9 Å². The van der Waals surface area contributed by atoms with Crippen molar-refractivity contribution in [2.45, 2.75) is 354 Å². The van der Waals surface area contributed by atoms with Gasteiger partial charge in [0, 0.05) is 0 Å². The second-order valence-corrected chi connectivity index (χ2v) is 23.8. The van der Waals surface area contributed by atoms with Crippen molar-refractivity contribution in [3.05, 3.63) is 0 Å². The van der Waals surface area contributed by atoms with Crippen LogP contribution in [0, 0.1) is 0 Å². The number of aliphatic hydroxyl groups excluding tert-OH is 2.